The number of benzene rings is 1. The number of carboxylic acid groups (broad SMARTS) is 1. The number of aliphatic carboxylic acids is 1. The van der Waals surface area contributed by atoms with Gasteiger partial charge in [-0.2, -0.15) is 8.42 Å². The van der Waals surface area contributed by atoms with Gasteiger partial charge in [0.2, 0.25) is 0 Å². The maximum absolute atomic E-state index is 12.3. The highest BCUT2D eigenvalue weighted by Gasteiger charge is 2.15. The molecule has 16 heavy (non-hydrogen) atoms. The van der Waals surface area contributed by atoms with E-state index in [-0.39, 0.29) is 5.56 Å². The Labute approximate surface area is 91.2 Å². The SMILES string of the molecule is O=C(O)/C=C(\OS(=O)(=O)F)c1ccccc1. The van der Waals surface area contributed by atoms with Gasteiger partial charge >= 0.3 is 16.5 Å². The van der Waals surface area contributed by atoms with Crippen molar-refractivity contribution in [2.24, 2.45) is 0 Å². The van der Waals surface area contributed by atoms with E-state index >= 15 is 0 Å². The highest BCUT2D eigenvalue weighted by Crippen LogP contribution is 2.18. The van der Waals surface area contributed by atoms with Crippen molar-refractivity contribution >= 4 is 22.2 Å². The molecule has 0 aliphatic carbocycles. The topological polar surface area (TPSA) is 80.7 Å². The van der Waals surface area contributed by atoms with E-state index in [1.165, 1.54) is 24.3 Å². The fourth-order valence-corrected chi connectivity index (χ4v) is 1.34. The monoisotopic (exact) mass is 246 g/mol. The van der Waals surface area contributed by atoms with Gasteiger partial charge in [-0.15, -0.1) is 0 Å². The van der Waals surface area contributed by atoms with Gasteiger partial charge in [-0.1, -0.05) is 34.2 Å². The molecule has 0 atom stereocenters. The first-order valence-corrected chi connectivity index (χ1v) is 5.33. The first kappa shape index (κ1) is 12.2. The van der Waals surface area contributed by atoms with E-state index in [0.717, 1.165) is 0 Å². The van der Waals surface area contributed by atoms with Crippen LogP contribution in [-0.2, 0) is 19.5 Å². The van der Waals surface area contributed by atoms with Crippen LogP contribution >= 0.6 is 0 Å². The van der Waals surface area contributed by atoms with Crippen LogP contribution < -0.4 is 0 Å². The predicted molar refractivity (Wildman–Crippen MR) is 53.2 cm³/mol. The first-order valence-electron chi connectivity index (χ1n) is 4.02. The molecule has 1 N–H and O–H groups in total. The Balaban J connectivity index is 3.13. The molecule has 7 heteroatoms. The molecule has 86 valence electrons. The summed E-state index contributed by atoms with van der Waals surface area (Å²) in [7, 11) is -5.25. The normalized spacial score (nSPS) is 12.2. The molecule has 0 heterocycles. The average Bonchev–Trinajstić information content (AvgIpc) is 2.15. The standard InChI is InChI=1S/C9H7FO5S/c10-16(13,14)15-8(6-9(11)12)7-4-2-1-3-5-7/h1-6H,(H,11,12)/b8-6-. The van der Waals surface area contributed by atoms with Gasteiger partial charge in [-0.05, 0) is 0 Å². The van der Waals surface area contributed by atoms with Crippen LogP contribution in [0.3, 0.4) is 0 Å². The smallest absolute Gasteiger partial charge is 0.478 e. The Bertz CT molecular complexity index is 506. The summed E-state index contributed by atoms with van der Waals surface area (Å²) in [6, 6.07) is 7.46. The second kappa shape index (κ2) is 4.75. The lowest BCUT2D eigenvalue weighted by atomic mass is 10.2. The molecular formula is C9H7FO5S. The van der Waals surface area contributed by atoms with E-state index in [1.807, 2.05) is 0 Å². The molecule has 1 aromatic carbocycles. The predicted octanol–water partition coefficient (Wildman–Crippen LogP) is 1.34. The Morgan fingerprint density at radius 3 is 2.31 bits per heavy atom. The van der Waals surface area contributed by atoms with E-state index in [1.54, 1.807) is 6.07 Å². The van der Waals surface area contributed by atoms with Crippen molar-refractivity contribution in [3.05, 3.63) is 42.0 Å². The molecule has 0 saturated heterocycles. The highest BCUT2D eigenvalue weighted by molar-refractivity contribution is 7.81. The summed E-state index contributed by atoms with van der Waals surface area (Å²) in [6.07, 6.45) is 0.465. The maximum Gasteiger partial charge on any atom is 0.488 e. The van der Waals surface area contributed by atoms with Crippen LogP contribution in [0.4, 0.5) is 3.89 Å². The van der Waals surface area contributed by atoms with Gasteiger partial charge in [-0.25, -0.2) is 4.79 Å². The molecule has 0 saturated carbocycles. The molecule has 0 aliphatic heterocycles. The average molecular weight is 246 g/mol. The lowest BCUT2D eigenvalue weighted by molar-refractivity contribution is -0.131. The number of halogens is 1. The van der Waals surface area contributed by atoms with Crippen LogP contribution in [0.2, 0.25) is 0 Å². The fourth-order valence-electron chi connectivity index (χ4n) is 0.977. The van der Waals surface area contributed by atoms with Crippen molar-refractivity contribution in [2.75, 3.05) is 0 Å². The zero-order valence-electron chi connectivity index (χ0n) is 7.83. The van der Waals surface area contributed by atoms with Crippen molar-refractivity contribution < 1.29 is 26.4 Å². The van der Waals surface area contributed by atoms with Gasteiger partial charge in [0.15, 0.2) is 5.76 Å². The first-order chi connectivity index (χ1) is 7.38. The minimum absolute atomic E-state index is 0.145. The Hall–Kier alpha value is -1.89. The maximum atomic E-state index is 12.3. The van der Waals surface area contributed by atoms with Crippen LogP contribution in [0.15, 0.2) is 36.4 Å². The molecule has 0 spiro atoms. The molecule has 0 fully saturated rings. The number of hydrogen-bond acceptors (Lipinski definition) is 4. The molecule has 0 aromatic heterocycles. The molecule has 0 unspecified atom stereocenters. The van der Waals surface area contributed by atoms with Crippen LogP contribution in [0.25, 0.3) is 5.76 Å². The van der Waals surface area contributed by atoms with Crippen molar-refractivity contribution in [1.82, 2.24) is 0 Å². The summed E-state index contributed by atoms with van der Waals surface area (Å²) in [5, 5.41) is 8.47. The van der Waals surface area contributed by atoms with E-state index in [0.29, 0.717) is 6.08 Å². The molecule has 5 nitrogen and oxygen atoms in total. The molecule has 0 amide bonds. The van der Waals surface area contributed by atoms with E-state index in [4.69, 9.17) is 5.11 Å². The third kappa shape index (κ3) is 4.09. The van der Waals surface area contributed by atoms with Crippen LogP contribution in [0, 0.1) is 0 Å². The summed E-state index contributed by atoms with van der Waals surface area (Å²) < 4.78 is 36.8. The lowest BCUT2D eigenvalue weighted by Crippen LogP contribution is -2.01. The Morgan fingerprint density at radius 2 is 1.88 bits per heavy atom. The Morgan fingerprint density at radius 1 is 1.31 bits per heavy atom. The number of hydrogen-bond donors (Lipinski definition) is 1. The minimum Gasteiger partial charge on any atom is -0.478 e. The summed E-state index contributed by atoms with van der Waals surface area (Å²) in [4.78, 5) is 10.4. The van der Waals surface area contributed by atoms with Crippen molar-refractivity contribution in [2.45, 2.75) is 0 Å². The minimum atomic E-state index is -5.25. The van der Waals surface area contributed by atoms with Gasteiger partial charge in [0.05, 0.1) is 6.08 Å². The molecule has 0 bridgehead atoms. The quantitative estimate of drug-likeness (QED) is 0.492. The summed E-state index contributed by atoms with van der Waals surface area (Å²) in [5.74, 6) is -2.03. The van der Waals surface area contributed by atoms with Gasteiger partial charge in [-0.3, -0.25) is 0 Å². The summed E-state index contributed by atoms with van der Waals surface area (Å²) in [6.45, 7) is 0. The third-order valence-corrected chi connectivity index (χ3v) is 1.88. The van der Waals surface area contributed by atoms with Gasteiger partial charge in [0, 0.05) is 5.56 Å². The fraction of sp³-hybridized carbons (Fsp3) is 0. The van der Waals surface area contributed by atoms with E-state index < -0.39 is 22.2 Å². The zero-order chi connectivity index (χ0) is 12.2. The van der Waals surface area contributed by atoms with Crippen LogP contribution in [-0.4, -0.2) is 19.5 Å². The molecular weight excluding hydrogens is 239 g/mol. The lowest BCUT2D eigenvalue weighted by Gasteiger charge is -2.04. The molecule has 0 aliphatic rings. The van der Waals surface area contributed by atoms with Crippen LogP contribution in [0.5, 0.6) is 0 Å². The molecule has 1 rings (SSSR count). The second-order valence-corrected chi connectivity index (χ2v) is 3.64. The molecule has 0 radical (unpaired) electrons. The van der Waals surface area contributed by atoms with Crippen molar-refractivity contribution in [3.63, 3.8) is 0 Å². The van der Waals surface area contributed by atoms with Crippen molar-refractivity contribution in [3.8, 4) is 0 Å². The largest absolute Gasteiger partial charge is 0.488 e. The van der Waals surface area contributed by atoms with Gasteiger partial charge in [0.1, 0.15) is 0 Å². The Kier molecular flexibility index (Phi) is 3.62. The number of carbonyl (C=O) groups is 1. The number of carboxylic acids is 1. The summed E-state index contributed by atoms with van der Waals surface area (Å²) >= 11 is 0. The molecule has 1 aromatic rings. The number of rotatable bonds is 4. The highest BCUT2D eigenvalue weighted by atomic mass is 32.3. The van der Waals surface area contributed by atoms with E-state index in [2.05, 4.69) is 4.18 Å². The summed E-state index contributed by atoms with van der Waals surface area (Å²) in [5.41, 5.74) is 0.145. The zero-order valence-corrected chi connectivity index (χ0v) is 8.65. The van der Waals surface area contributed by atoms with Gasteiger partial charge in [0.25, 0.3) is 0 Å². The van der Waals surface area contributed by atoms with E-state index in [9.17, 15) is 17.1 Å². The second-order valence-electron chi connectivity index (χ2n) is 2.69. The van der Waals surface area contributed by atoms with Crippen molar-refractivity contribution in [1.29, 1.82) is 0 Å². The van der Waals surface area contributed by atoms with Crippen LogP contribution in [0.1, 0.15) is 5.56 Å². The third-order valence-electron chi connectivity index (χ3n) is 1.50. The van der Waals surface area contributed by atoms with Gasteiger partial charge < -0.3 is 9.29 Å².